The molecular weight excluding hydrogens is 369 g/mol. The zero-order valence-electron chi connectivity index (χ0n) is 14.8. The van der Waals surface area contributed by atoms with Gasteiger partial charge in [-0.3, -0.25) is 14.6 Å². The molecule has 142 valence electrons. The molecular formula is C20H21ClFN3O2. The number of nitrogens with one attached hydrogen (secondary N) is 1. The van der Waals surface area contributed by atoms with Crippen LogP contribution in [0.1, 0.15) is 24.0 Å². The number of hydrogen-bond acceptors (Lipinski definition) is 3. The third-order valence-corrected chi connectivity index (χ3v) is 4.90. The lowest BCUT2D eigenvalue weighted by atomic mass is 9.93. The van der Waals surface area contributed by atoms with E-state index < -0.39 is 11.6 Å². The number of halogens is 2. The largest absolute Gasteiger partial charge is 0.349 e. The average molecular weight is 390 g/mol. The molecule has 5 nitrogen and oxygen atoms in total. The number of nitrogens with zero attached hydrogens (tertiary/aromatic N) is 2. The van der Waals surface area contributed by atoms with E-state index in [2.05, 4.69) is 10.3 Å². The first-order valence-corrected chi connectivity index (χ1v) is 9.22. The molecule has 0 saturated carbocycles. The van der Waals surface area contributed by atoms with Crippen molar-refractivity contribution in [2.24, 2.45) is 0 Å². The number of aromatic nitrogens is 1. The van der Waals surface area contributed by atoms with Crippen LogP contribution in [-0.4, -0.2) is 40.5 Å². The van der Waals surface area contributed by atoms with E-state index in [-0.39, 0.29) is 31.8 Å². The van der Waals surface area contributed by atoms with Gasteiger partial charge in [-0.05, 0) is 42.2 Å². The molecule has 1 aromatic heterocycles. The molecule has 1 aromatic carbocycles. The van der Waals surface area contributed by atoms with Crippen LogP contribution in [0.2, 0.25) is 5.02 Å². The van der Waals surface area contributed by atoms with E-state index in [0.717, 1.165) is 11.1 Å². The van der Waals surface area contributed by atoms with E-state index in [0.29, 0.717) is 18.0 Å². The summed E-state index contributed by atoms with van der Waals surface area (Å²) in [6.07, 6.45) is 3.96. The first-order valence-electron chi connectivity index (χ1n) is 8.85. The van der Waals surface area contributed by atoms with Gasteiger partial charge in [0.15, 0.2) is 0 Å². The van der Waals surface area contributed by atoms with Crippen molar-refractivity contribution >= 4 is 23.4 Å². The predicted molar refractivity (Wildman–Crippen MR) is 101 cm³/mol. The number of hydrogen-bond donors (Lipinski definition) is 1. The Kier molecular flexibility index (Phi) is 6.06. The van der Waals surface area contributed by atoms with E-state index in [1.54, 1.807) is 48.8 Å². The van der Waals surface area contributed by atoms with Crippen LogP contribution < -0.4 is 5.32 Å². The van der Waals surface area contributed by atoms with E-state index in [9.17, 15) is 9.59 Å². The Morgan fingerprint density at radius 2 is 2.00 bits per heavy atom. The summed E-state index contributed by atoms with van der Waals surface area (Å²) in [5.41, 5.74) is -0.475. The highest BCUT2D eigenvalue weighted by Crippen LogP contribution is 2.26. The van der Waals surface area contributed by atoms with Gasteiger partial charge in [-0.15, -0.1) is 0 Å². The van der Waals surface area contributed by atoms with Gasteiger partial charge in [-0.25, -0.2) is 4.39 Å². The smallest absolute Gasteiger partial charge is 0.259 e. The molecule has 0 spiro atoms. The van der Waals surface area contributed by atoms with Gasteiger partial charge in [-0.1, -0.05) is 29.8 Å². The fourth-order valence-corrected chi connectivity index (χ4v) is 3.27. The number of pyridine rings is 1. The Balaban J connectivity index is 1.58. The lowest BCUT2D eigenvalue weighted by Gasteiger charge is -2.36. The van der Waals surface area contributed by atoms with Gasteiger partial charge in [0, 0.05) is 30.5 Å². The fraction of sp³-hybridized carbons (Fsp3) is 0.350. The molecule has 1 aliphatic rings. The zero-order chi connectivity index (χ0) is 19.3. The summed E-state index contributed by atoms with van der Waals surface area (Å²) >= 11 is 5.85. The second-order valence-corrected chi connectivity index (χ2v) is 7.17. The number of amides is 2. The molecule has 2 aromatic rings. The maximum absolute atomic E-state index is 15.2. The molecule has 1 saturated heterocycles. The van der Waals surface area contributed by atoms with Crippen LogP contribution in [0.5, 0.6) is 0 Å². The number of piperidine rings is 1. The minimum absolute atomic E-state index is 0.108. The predicted octanol–water partition coefficient (Wildman–Crippen LogP) is 2.92. The third-order valence-electron chi connectivity index (χ3n) is 4.65. The Hall–Kier alpha value is -2.47. The van der Waals surface area contributed by atoms with Gasteiger partial charge in [0.25, 0.3) is 5.91 Å². The van der Waals surface area contributed by atoms with Crippen molar-refractivity contribution in [3.05, 3.63) is 64.9 Å². The average Bonchev–Trinajstić information content (AvgIpc) is 2.68. The topological polar surface area (TPSA) is 62.3 Å². The molecule has 27 heavy (non-hydrogen) atoms. The van der Waals surface area contributed by atoms with Gasteiger partial charge in [0.05, 0.1) is 13.0 Å². The fourth-order valence-electron chi connectivity index (χ4n) is 3.14. The van der Waals surface area contributed by atoms with Crippen molar-refractivity contribution in [2.45, 2.75) is 31.5 Å². The maximum Gasteiger partial charge on any atom is 0.259 e. The van der Waals surface area contributed by atoms with Crippen molar-refractivity contribution in [3.8, 4) is 0 Å². The SMILES string of the molecule is O=C(Cc1ccc(Cl)cc1)N1CCCC(F)(C(=O)NCc2cccnc2)C1. The molecule has 1 fully saturated rings. The van der Waals surface area contributed by atoms with Crippen LogP contribution in [0.15, 0.2) is 48.8 Å². The van der Waals surface area contributed by atoms with Gasteiger partial charge in [0.2, 0.25) is 11.6 Å². The Labute approximate surface area is 162 Å². The summed E-state index contributed by atoms with van der Waals surface area (Å²) in [5.74, 6) is -0.880. The van der Waals surface area contributed by atoms with Crippen LogP contribution in [-0.2, 0) is 22.6 Å². The molecule has 3 rings (SSSR count). The van der Waals surface area contributed by atoms with Gasteiger partial charge in [0.1, 0.15) is 0 Å². The molecule has 1 unspecified atom stereocenters. The maximum atomic E-state index is 15.2. The normalized spacial score (nSPS) is 19.6. The van der Waals surface area contributed by atoms with Gasteiger partial charge < -0.3 is 10.2 Å². The van der Waals surface area contributed by atoms with Crippen molar-refractivity contribution < 1.29 is 14.0 Å². The molecule has 7 heteroatoms. The Morgan fingerprint density at radius 1 is 1.22 bits per heavy atom. The third kappa shape index (κ3) is 5.04. The highest BCUT2D eigenvalue weighted by atomic mass is 35.5. The molecule has 1 aliphatic heterocycles. The number of alkyl halides is 1. The van der Waals surface area contributed by atoms with Crippen molar-refractivity contribution in [2.75, 3.05) is 13.1 Å². The summed E-state index contributed by atoms with van der Waals surface area (Å²) < 4.78 is 15.2. The van der Waals surface area contributed by atoms with E-state index in [1.807, 2.05) is 0 Å². The van der Waals surface area contributed by atoms with E-state index in [1.165, 1.54) is 4.90 Å². The van der Waals surface area contributed by atoms with E-state index in [4.69, 9.17) is 11.6 Å². The van der Waals surface area contributed by atoms with E-state index >= 15 is 4.39 Å². The number of carbonyl (C=O) groups is 2. The molecule has 0 aliphatic carbocycles. The summed E-state index contributed by atoms with van der Waals surface area (Å²) in [4.78, 5) is 30.3. The summed E-state index contributed by atoms with van der Waals surface area (Å²) in [7, 11) is 0. The second kappa shape index (κ2) is 8.48. The molecule has 2 amide bonds. The van der Waals surface area contributed by atoms with Gasteiger partial charge in [-0.2, -0.15) is 0 Å². The van der Waals surface area contributed by atoms with Crippen LogP contribution >= 0.6 is 11.6 Å². The molecule has 0 bridgehead atoms. The number of likely N-dealkylation sites (tertiary alicyclic amines) is 1. The standard InChI is InChI=1S/C20H21ClFN3O2/c21-17-6-4-15(5-7-17)11-18(26)25-10-2-8-20(22,14-25)19(27)24-13-16-3-1-9-23-12-16/h1,3-7,9,12H,2,8,10-11,13-14H2,(H,24,27). The van der Waals surface area contributed by atoms with Crippen molar-refractivity contribution in [1.29, 1.82) is 0 Å². The number of benzene rings is 1. The highest BCUT2D eigenvalue weighted by molar-refractivity contribution is 6.30. The quantitative estimate of drug-likeness (QED) is 0.855. The summed E-state index contributed by atoms with van der Waals surface area (Å²) in [5, 5.41) is 3.21. The van der Waals surface area contributed by atoms with Gasteiger partial charge >= 0.3 is 0 Å². The second-order valence-electron chi connectivity index (χ2n) is 6.73. The Bertz CT molecular complexity index is 801. The summed E-state index contributed by atoms with van der Waals surface area (Å²) in [6.45, 7) is 0.434. The minimum atomic E-state index is -2.07. The summed E-state index contributed by atoms with van der Waals surface area (Å²) in [6, 6.07) is 10.5. The Morgan fingerprint density at radius 3 is 2.70 bits per heavy atom. The van der Waals surface area contributed by atoms with Crippen LogP contribution in [0.25, 0.3) is 0 Å². The van der Waals surface area contributed by atoms with Crippen molar-refractivity contribution in [3.63, 3.8) is 0 Å². The highest BCUT2D eigenvalue weighted by Gasteiger charge is 2.43. The molecule has 2 heterocycles. The molecule has 0 radical (unpaired) electrons. The molecule has 1 atom stereocenters. The number of rotatable bonds is 5. The minimum Gasteiger partial charge on any atom is -0.349 e. The van der Waals surface area contributed by atoms with Crippen LogP contribution in [0.3, 0.4) is 0 Å². The monoisotopic (exact) mass is 389 g/mol. The van der Waals surface area contributed by atoms with Crippen LogP contribution in [0, 0.1) is 0 Å². The lowest BCUT2D eigenvalue weighted by molar-refractivity contribution is -0.143. The lowest BCUT2D eigenvalue weighted by Crippen LogP contribution is -2.55. The number of carbonyl (C=O) groups excluding carboxylic acids is 2. The first kappa shape index (κ1) is 19.3. The molecule has 1 N–H and O–H groups in total. The van der Waals surface area contributed by atoms with Crippen LogP contribution in [0.4, 0.5) is 4.39 Å². The van der Waals surface area contributed by atoms with Crippen molar-refractivity contribution in [1.82, 2.24) is 15.2 Å². The first-order chi connectivity index (χ1) is 13.0. The zero-order valence-corrected chi connectivity index (χ0v) is 15.6.